The summed E-state index contributed by atoms with van der Waals surface area (Å²) in [5.41, 5.74) is 0.178. The molecule has 0 saturated carbocycles. The van der Waals surface area contributed by atoms with Crippen LogP contribution in [0.1, 0.15) is 26.7 Å². The van der Waals surface area contributed by atoms with Gasteiger partial charge in [0.05, 0.1) is 12.1 Å². The highest BCUT2D eigenvalue weighted by atomic mass is 16.1. The number of nitrogens with zero attached hydrogens (tertiary/aromatic N) is 2. The second-order valence-electron chi connectivity index (χ2n) is 4.07. The third kappa shape index (κ3) is 1.30. The van der Waals surface area contributed by atoms with E-state index < -0.39 is 0 Å². The monoisotopic (exact) mass is 181 g/mol. The third-order valence-electron chi connectivity index (χ3n) is 2.86. The fourth-order valence-electron chi connectivity index (χ4n) is 2.14. The summed E-state index contributed by atoms with van der Waals surface area (Å²) in [4.78, 5) is 17.4. The third-order valence-corrected chi connectivity index (χ3v) is 2.86. The molecular weight excluding hydrogens is 166 g/mol. The number of aliphatic imine (C=N–C) groups is 1. The van der Waals surface area contributed by atoms with Crippen LogP contribution < -0.4 is 5.32 Å². The number of guanidine groups is 1. The Kier molecular flexibility index (Phi) is 1.78. The van der Waals surface area contributed by atoms with Crippen LogP contribution in [0.4, 0.5) is 0 Å². The summed E-state index contributed by atoms with van der Waals surface area (Å²) in [7, 11) is 0. The summed E-state index contributed by atoms with van der Waals surface area (Å²) in [6, 6.07) is 0. The van der Waals surface area contributed by atoms with Crippen molar-refractivity contribution in [1.29, 1.82) is 0 Å². The Hall–Kier alpha value is -1.06. The van der Waals surface area contributed by atoms with Crippen molar-refractivity contribution in [3.8, 4) is 0 Å². The van der Waals surface area contributed by atoms with Crippen molar-refractivity contribution < 1.29 is 4.79 Å². The van der Waals surface area contributed by atoms with Crippen LogP contribution >= 0.6 is 0 Å². The number of carbonyl (C=O) groups excluding carboxylic acids is 1. The summed E-state index contributed by atoms with van der Waals surface area (Å²) in [5.74, 6) is 0.738. The number of nitrogens with one attached hydrogen (secondary N) is 1. The summed E-state index contributed by atoms with van der Waals surface area (Å²) >= 11 is 0. The van der Waals surface area contributed by atoms with E-state index in [0.717, 1.165) is 19.0 Å². The molecule has 2 heterocycles. The molecule has 4 nitrogen and oxygen atoms in total. The van der Waals surface area contributed by atoms with Crippen molar-refractivity contribution >= 4 is 11.9 Å². The highest BCUT2D eigenvalue weighted by molar-refractivity contribution is 5.97. The minimum atomic E-state index is -0.0325. The molecule has 0 bridgehead atoms. The average Bonchev–Trinajstić information content (AvgIpc) is 2.50. The molecule has 0 unspecified atom stereocenters. The molecule has 4 heteroatoms. The van der Waals surface area contributed by atoms with Crippen molar-refractivity contribution in [2.45, 2.75) is 32.2 Å². The molecule has 0 spiro atoms. The van der Waals surface area contributed by atoms with Gasteiger partial charge in [-0.1, -0.05) is 0 Å². The molecule has 2 aliphatic heterocycles. The van der Waals surface area contributed by atoms with Gasteiger partial charge >= 0.3 is 0 Å². The van der Waals surface area contributed by atoms with Gasteiger partial charge in [0.25, 0.3) is 0 Å². The molecule has 0 aromatic heterocycles. The first-order chi connectivity index (χ1) is 6.12. The van der Waals surface area contributed by atoms with Gasteiger partial charge in [-0.25, -0.2) is 0 Å². The van der Waals surface area contributed by atoms with Crippen molar-refractivity contribution in [3.05, 3.63) is 0 Å². The van der Waals surface area contributed by atoms with Gasteiger partial charge in [-0.2, -0.15) is 0 Å². The standard InChI is InChI=1S/C9H15N3O/c1-7(13)11-8-10-6-9(2)4-3-5-12(8)9/h3-6H2,1-2H3,(H,10,11,13)/t9-/m0/s1. The highest BCUT2D eigenvalue weighted by Gasteiger charge is 2.42. The van der Waals surface area contributed by atoms with Crippen LogP contribution in [0.5, 0.6) is 0 Å². The Labute approximate surface area is 78.0 Å². The number of amides is 1. The zero-order chi connectivity index (χ0) is 9.47. The largest absolute Gasteiger partial charge is 0.335 e. The van der Waals surface area contributed by atoms with Gasteiger partial charge in [0.15, 0.2) is 0 Å². The molecule has 1 amide bonds. The summed E-state index contributed by atoms with van der Waals surface area (Å²) in [6.07, 6.45) is 2.38. The molecule has 1 fully saturated rings. The smallest absolute Gasteiger partial charge is 0.223 e. The molecule has 0 aliphatic carbocycles. The average molecular weight is 181 g/mol. The summed E-state index contributed by atoms with van der Waals surface area (Å²) in [5, 5.41) is 2.78. The lowest BCUT2D eigenvalue weighted by Crippen LogP contribution is -2.47. The van der Waals surface area contributed by atoms with Gasteiger partial charge < -0.3 is 4.90 Å². The highest BCUT2D eigenvalue weighted by Crippen LogP contribution is 2.32. The zero-order valence-electron chi connectivity index (χ0n) is 8.13. The van der Waals surface area contributed by atoms with E-state index in [9.17, 15) is 4.79 Å². The Morgan fingerprint density at radius 2 is 2.46 bits per heavy atom. The van der Waals surface area contributed by atoms with E-state index in [0.29, 0.717) is 0 Å². The van der Waals surface area contributed by atoms with Crippen LogP contribution in [0.15, 0.2) is 4.99 Å². The van der Waals surface area contributed by atoms with E-state index in [1.54, 1.807) is 0 Å². The molecule has 0 radical (unpaired) electrons. The van der Waals surface area contributed by atoms with Crippen LogP contribution in [0.3, 0.4) is 0 Å². The Balaban J connectivity index is 2.11. The van der Waals surface area contributed by atoms with E-state index in [2.05, 4.69) is 22.1 Å². The second kappa shape index (κ2) is 2.72. The van der Waals surface area contributed by atoms with E-state index in [1.807, 2.05) is 0 Å². The van der Waals surface area contributed by atoms with Crippen LogP contribution in [0.25, 0.3) is 0 Å². The number of hydrogen-bond acceptors (Lipinski definition) is 3. The first-order valence-electron chi connectivity index (χ1n) is 4.71. The van der Waals surface area contributed by atoms with Crippen molar-refractivity contribution in [1.82, 2.24) is 10.2 Å². The van der Waals surface area contributed by atoms with E-state index >= 15 is 0 Å². The fourth-order valence-corrected chi connectivity index (χ4v) is 2.14. The lowest BCUT2D eigenvalue weighted by atomic mass is 10.0. The van der Waals surface area contributed by atoms with Gasteiger partial charge in [0.2, 0.25) is 11.9 Å². The van der Waals surface area contributed by atoms with Gasteiger partial charge in [-0.05, 0) is 19.8 Å². The molecule has 2 aliphatic rings. The molecule has 2 rings (SSSR count). The normalized spacial score (nSPS) is 31.5. The number of carbonyl (C=O) groups is 1. The van der Waals surface area contributed by atoms with Crippen molar-refractivity contribution in [3.63, 3.8) is 0 Å². The molecule has 0 aromatic rings. The molecule has 1 saturated heterocycles. The SMILES string of the molecule is CC(=O)NC1=NC[C@]2(C)CCCN12. The number of fused-ring (bicyclic) bond motifs is 1. The van der Waals surface area contributed by atoms with E-state index in [1.165, 1.54) is 19.8 Å². The van der Waals surface area contributed by atoms with E-state index in [4.69, 9.17) is 0 Å². The Morgan fingerprint density at radius 3 is 3.15 bits per heavy atom. The minimum absolute atomic E-state index is 0.0325. The van der Waals surface area contributed by atoms with Crippen molar-refractivity contribution in [2.24, 2.45) is 4.99 Å². The second-order valence-corrected chi connectivity index (χ2v) is 4.07. The number of hydrogen-bond donors (Lipinski definition) is 1. The van der Waals surface area contributed by atoms with Crippen molar-refractivity contribution in [2.75, 3.05) is 13.1 Å². The molecule has 0 aromatic carbocycles. The maximum absolute atomic E-state index is 10.9. The molecule has 72 valence electrons. The minimum Gasteiger partial charge on any atom is -0.335 e. The van der Waals surface area contributed by atoms with Crippen LogP contribution in [-0.4, -0.2) is 35.4 Å². The first kappa shape index (κ1) is 8.53. The number of rotatable bonds is 0. The van der Waals surface area contributed by atoms with Gasteiger partial charge in [-0.15, -0.1) is 0 Å². The lowest BCUT2D eigenvalue weighted by molar-refractivity contribution is -0.117. The van der Waals surface area contributed by atoms with Crippen LogP contribution in [-0.2, 0) is 4.79 Å². The quantitative estimate of drug-likeness (QED) is 0.586. The fraction of sp³-hybridized carbons (Fsp3) is 0.778. The Bertz CT molecular complexity index is 274. The predicted octanol–water partition coefficient (Wildman–Crippen LogP) is 0.347. The summed E-state index contributed by atoms with van der Waals surface area (Å²) in [6.45, 7) is 5.57. The maximum atomic E-state index is 10.9. The maximum Gasteiger partial charge on any atom is 0.223 e. The topological polar surface area (TPSA) is 44.7 Å². The van der Waals surface area contributed by atoms with Gasteiger partial charge in [-0.3, -0.25) is 15.1 Å². The Morgan fingerprint density at radius 1 is 1.69 bits per heavy atom. The molecular formula is C9H15N3O. The molecule has 1 atom stereocenters. The lowest BCUT2D eigenvalue weighted by Gasteiger charge is -2.29. The summed E-state index contributed by atoms with van der Waals surface area (Å²) < 4.78 is 0. The predicted molar refractivity (Wildman–Crippen MR) is 50.5 cm³/mol. The first-order valence-corrected chi connectivity index (χ1v) is 4.71. The molecule has 13 heavy (non-hydrogen) atoms. The van der Waals surface area contributed by atoms with Gasteiger partial charge in [0.1, 0.15) is 0 Å². The molecule has 1 N–H and O–H groups in total. The van der Waals surface area contributed by atoms with Gasteiger partial charge in [0, 0.05) is 13.5 Å². The van der Waals surface area contributed by atoms with Crippen LogP contribution in [0, 0.1) is 0 Å². The van der Waals surface area contributed by atoms with E-state index in [-0.39, 0.29) is 11.4 Å². The zero-order valence-corrected chi connectivity index (χ0v) is 8.13. The van der Waals surface area contributed by atoms with Crippen LogP contribution in [0.2, 0.25) is 0 Å².